The van der Waals surface area contributed by atoms with E-state index in [0.29, 0.717) is 21.8 Å². The maximum absolute atomic E-state index is 12.4. The maximum Gasteiger partial charge on any atom is 0.355 e. The van der Waals surface area contributed by atoms with Crippen LogP contribution in [0.2, 0.25) is 0 Å². The van der Waals surface area contributed by atoms with Crippen LogP contribution in [0, 0.1) is 27.7 Å². The van der Waals surface area contributed by atoms with Gasteiger partial charge in [0.05, 0.1) is 24.3 Å². The number of H-pyrrole nitrogens is 1. The number of esters is 3. The summed E-state index contributed by atoms with van der Waals surface area (Å²) in [4.78, 5) is 52.7. The second-order valence-corrected chi connectivity index (χ2v) is 7.90. The van der Waals surface area contributed by atoms with Gasteiger partial charge in [-0.2, -0.15) is 0 Å². The Morgan fingerprint density at radius 2 is 1.42 bits per heavy atom. The van der Waals surface area contributed by atoms with Crippen LogP contribution >= 0.6 is 11.3 Å². The highest BCUT2D eigenvalue weighted by Gasteiger charge is 2.25. The van der Waals surface area contributed by atoms with Gasteiger partial charge in [-0.3, -0.25) is 4.79 Å². The largest absolute Gasteiger partial charge is 0.462 e. The Morgan fingerprint density at radius 1 is 0.839 bits per heavy atom. The minimum Gasteiger partial charge on any atom is -0.462 e. The van der Waals surface area contributed by atoms with E-state index in [-0.39, 0.29) is 24.5 Å². The van der Waals surface area contributed by atoms with E-state index in [2.05, 4.69) is 10.3 Å². The molecule has 0 atom stereocenters. The number of nitrogens with one attached hydrogen (secondary N) is 2. The lowest BCUT2D eigenvalue weighted by Crippen LogP contribution is -2.22. The number of ether oxygens (including phenoxy) is 3. The number of thiophene rings is 1. The molecule has 2 rings (SSSR count). The van der Waals surface area contributed by atoms with Gasteiger partial charge in [0.1, 0.15) is 10.7 Å². The average Bonchev–Trinajstić information content (AvgIpc) is 3.15. The zero-order chi connectivity index (χ0) is 23.3. The van der Waals surface area contributed by atoms with E-state index in [1.165, 1.54) is 11.3 Å². The van der Waals surface area contributed by atoms with Gasteiger partial charge in [-0.1, -0.05) is 0 Å². The predicted molar refractivity (Wildman–Crippen MR) is 115 cm³/mol. The molecule has 2 aromatic rings. The molecule has 9 nitrogen and oxygen atoms in total. The van der Waals surface area contributed by atoms with Gasteiger partial charge in [-0.15, -0.1) is 11.3 Å². The minimum atomic E-state index is -0.782. The summed E-state index contributed by atoms with van der Waals surface area (Å²) < 4.78 is 15.1. The van der Waals surface area contributed by atoms with Gasteiger partial charge < -0.3 is 24.5 Å². The van der Waals surface area contributed by atoms with Crippen LogP contribution in [0.25, 0.3) is 0 Å². The number of hydrogen-bond donors (Lipinski definition) is 2. The first kappa shape index (κ1) is 24.1. The highest BCUT2D eigenvalue weighted by atomic mass is 32.1. The van der Waals surface area contributed by atoms with E-state index in [4.69, 9.17) is 14.2 Å². The third-order valence-electron chi connectivity index (χ3n) is 4.57. The fourth-order valence-electron chi connectivity index (χ4n) is 2.99. The Kier molecular flexibility index (Phi) is 7.98. The predicted octanol–water partition coefficient (Wildman–Crippen LogP) is 3.46. The standard InChI is InChI=1S/C21H26N2O7S/c1-7-28-19(25)15-11(4)17(22-12(15)5)21(27)30-9-14(24)23-18-16(20(26)29-8-2)10(3)13(6)31-18/h22H,7-9H2,1-6H3,(H,23,24). The molecular formula is C21H26N2O7S. The zero-order valence-corrected chi connectivity index (χ0v) is 19.2. The normalized spacial score (nSPS) is 10.5. The number of aromatic amines is 1. The molecule has 10 heteroatoms. The summed E-state index contributed by atoms with van der Waals surface area (Å²) in [5.74, 6) is -2.46. The molecule has 2 heterocycles. The zero-order valence-electron chi connectivity index (χ0n) is 18.4. The van der Waals surface area contributed by atoms with Crippen molar-refractivity contribution in [3.63, 3.8) is 0 Å². The SMILES string of the molecule is CCOC(=O)c1c(C)[nH]c(C(=O)OCC(=O)Nc2sc(C)c(C)c2C(=O)OCC)c1C. The molecule has 0 aliphatic rings. The van der Waals surface area contributed by atoms with Gasteiger partial charge in [-0.05, 0) is 52.7 Å². The summed E-state index contributed by atoms with van der Waals surface area (Å²) in [7, 11) is 0. The van der Waals surface area contributed by atoms with E-state index >= 15 is 0 Å². The molecule has 0 radical (unpaired) electrons. The van der Waals surface area contributed by atoms with Crippen molar-refractivity contribution in [2.24, 2.45) is 0 Å². The molecule has 0 aromatic carbocycles. The van der Waals surface area contributed by atoms with Crippen molar-refractivity contribution in [1.82, 2.24) is 4.98 Å². The van der Waals surface area contributed by atoms with Gasteiger partial charge in [0.25, 0.3) is 5.91 Å². The molecular weight excluding hydrogens is 424 g/mol. The van der Waals surface area contributed by atoms with Crippen molar-refractivity contribution in [2.45, 2.75) is 41.5 Å². The van der Waals surface area contributed by atoms with Gasteiger partial charge in [0.2, 0.25) is 0 Å². The van der Waals surface area contributed by atoms with Crippen LogP contribution in [0.4, 0.5) is 5.00 Å². The molecule has 2 aromatic heterocycles. The van der Waals surface area contributed by atoms with E-state index in [0.717, 1.165) is 10.4 Å². The van der Waals surface area contributed by atoms with Crippen LogP contribution in [-0.2, 0) is 19.0 Å². The van der Waals surface area contributed by atoms with Gasteiger partial charge >= 0.3 is 17.9 Å². The number of carbonyl (C=O) groups is 4. The molecule has 0 saturated heterocycles. The molecule has 1 amide bonds. The van der Waals surface area contributed by atoms with E-state index in [1.807, 2.05) is 6.92 Å². The number of aryl methyl sites for hydroxylation is 2. The van der Waals surface area contributed by atoms with Crippen LogP contribution in [0.5, 0.6) is 0 Å². The first-order chi connectivity index (χ1) is 14.6. The number of anilines is 1. The molecule has 2 N–H and O–H groups in total. The fraction of sp³-hybridized carbons (Fsp3) is 0.429. The molecule has 0 fully saturated rings. The third-order valence-corrected chi connectivity index (χ3v) is 5.70. The van der Waals surface area contributed by atoms with Crippen molar-refractivity contribution in [2.75, 3.05) is 25.1 Å². The summed E-state index contributed by atoms with van der Waals surface area (Å²) >= 11 is 1.24. The topological polar surface area (TPSA) is 124 Å². The number of amides is 1. The Balaban J connectivity index is 2.09. The summed E-state index contributed by atoms with van der Waals surface area (Å²) in [5.41, 5.74) is 2.20. The average molecular weight is 451 g/mol. The Hall–Kier alpha value is -3.14. The van der Waals surface area contributed by atoms with Crippen LogP contribution in [0.15, 0.2) is 0 Å². The molecule has 0 saturated carbocycles. The monoisotopic (exact) mass is 450 g/mol. The summed E-state index contributed by atoms with van der Waals surface area (Å²) in [6, 6.07) is 0. The van der Waals surface area contributed by atoms with Crippen LogP contribution in [0.3, 0.4) is 0 Å². The highest BCUT2D eigenvalue weighted by molar-refractivity contribution is 7.16. The first-order valence-electron chi connectivity index (χ1n) is 9.72. The number of aromatic nitrogens is 1. The lowest BCUT2D eigenvalue weighted by atomic mass is 10.1. The molecule has 0 unspecified atom stereocenters. The molecule has 168 valence electrons. The van der Waals surface area contributed by atoms with Gasteiger partial charge in [0.15, 0.2) is 6.61 Å². The second-order valence-electron chi connectivity index (χ2n) is 6.68. The highest BCUT2D eigenvalue weighted by Crippen LogP contribution is 2.33. The second kappa shape index (κ2) is 10.3. The molecule has 0 bridgehead atoms. The minimum absolute atomic E-state index is 0.0726. The van der Waals surface area contributed by atoms with Crippen molar-refractivity contribution in [3.8, 4) is 0 Å². The van der Waals surface area contributed by atoms with Crippen LogP contribution in [-0.4, -0.2) is 48.6 Å². The number of hydrogen-bond acceptors (Lipinski definition) is 8. The summed E-state index contributed by atoms with van der Waals surface area (Å²) in [6.45, 7) is 10.1. The van der Waals surface area contributed by atoms with Crippen molar-refractivity contribution in [1.29, 1.82) is 0 Å². The fourth-order valence-corrected chi connectivity index (χ4v) is 4.06. The van der Waals surface area contributed by atoms with E-state index in [1.54, 1.807) is 34.6 Å². The summed E-state index contributed by atoms with van der Waals surface area (Å²) in [6.07, 6.45) is 0. The van der Waals surface area contributed by atoms with Crippen molar-refractivity contribution < 1.29 is 33.4 Å². The molecule has 0 aliphatic carbocycles. The molecule has 0 spiro atoms. The van der Waals surface area contributed by atoms with Gasteiger partial charge in [-0.25, -0.2) is 14.4 Å². The number of carbonyl (C=O) groups excluding carboxylic acids is 4. The smallest absolute Gasteiger partial charge is 0.355 e. The third kappa shape index (κ3) is 5.32. The van der Waals surface area contributed by atoms with Crippen molar-refractivity contribution >= 4 is 40.2 Å². The summed E-state index contributed by atoms with van der Waals surface area (Å²) in [5, 5.41) is 2.94. The quantitative estimate of drug-likeness (QED) is 0.466. The maximum atomic E-state index is 12.4. The Labute approximate surface area is 184 Å². The van der Waals surface area contributed by atoms with Crippen LogP contribution in [0.1, 0.15) is 66.7 Å². The first-order valence-corrected chi connectivity index (χ1v) is 10.5. The van der Waals surface area contributed by atoms with Gasteiger partial charge in [0, 0.05) is 10.6 Å². The van der Waals surface area contributed by atoms with E-state index in [9.17, 15) is 19.2 Å². The molecule has 0 aliphatic heterocycles. The lowest BCUT2D eigenvalue weighted by molar-refractivity contribution is -0.119. The molecule has 31 heavy (non-hydrogen) atoms. The van der Waals surface area contributed by atoms with E-state index < -0.39 is 30.4 Å². The number of rotatable bonds is 8. The lowest BCUT2D eigenvalue weighted by Gasteiger charge is -2.08. The van der Waals surface area contributed by atoms with Crippen LogP contribution < -0.4 is 5.32 Å². The van der Waals surface area contributed by atoms with Crippen molar-refractivity contribution in [3.05, 3.63) is 38.5 Å². The Bertz CT molecular complexity index is 1020. The Morgan fingerprint density at radius 3 is 2.00 bits per heavy atom.